The first kappa shape index (κ1) is 23.4. The van der Waals surface area contributed by atoms with Gasteiger partial charge in [-0.1, -0.05) is 11.6 Å². The fourth-order valence-electron chi connectivity index (χ4n) is 3.35. The first-order chi connectivity index (χ1) is 14.4. The molecule has 1 fully saturated rings. The predicted octanol–water partition coefficient (Wildman–Crippen LogP) is 4.06. The van der Waals surface area contributed by atoms with E-state index in [1.54, 1.807) is 4.72 Å². The zero-order valence-corrected chi connectivity index (χ0v) is 17.1. The summed E-state index contributed by atoms with van der Waals surface area (Å²) < 4.78 is 96.3. The lowest BCUT2D eigenvalue weighted by Crippen LogP contribution is -2.38. The van der Waals surface area contributed by atoms with Crippen molar-refractivity contribution in [3.63, 3.8) is 0 Å². The van der Waals surface area contributed by atoms with Crippen molar-refractivity contribution in [3.8, 4) is 11.1 Å². The van der Waals surface area contributed by atoms with E-state index in [0.717, 1.165) is 0 Å². The zero-order valence-electron chi connectivity index (χ0n) is 15.6. The third-order valence-corrected chi connectivity index (χ3v) is 6.81. The van der Waals surface area contributed by atoms with Gasteiger partial charge in [-0.3, -0.25) is 4.79 Å². The van der Waals surface area contributed by atoms with Crippen molar-refractivity contribution >= 4 is 27.5 Å². The molecule has 0 saturated heterocycles. The lowest BCUT2D eigenvalue weighted by atomic mass is 9.87. The lowest BCUT2D eigenvalue weighted by Gasteiger charge is -2.24. The minimum atomic E-state index is -4.72. The van der Waals surface area contributed by atoms with E-state index >= 15 is 0 Å². The van der Waals surface area contributed by atoms with Crippen LogP contribution in [0.25, 0.3) is 11.1 Å². The lowest BCUT2D eigenvalue weighted by molar-refractivity contribution is -0.124. The number of hydrogen-bond acceptors (Lipinski definition) is 4. The van der Waals surface area contributed by atoms with Gasteiger partial charge in [0, 0.05) is 17.5 Å². The van der Waals surface area contributed by atoms with E-state index in [9.17, 15) is 40.3 Å². The average Bonchev–Trinajstić information content (AvgIpc) is 2.67. The highest BCUT2D eigenvalue weighted by Gasteiger charge is 2.31. The van der Waals surface area contributed by atoms with Crippen molar-refractivity contribution in [1.29, 1.82) is 0 Å². The summed E-state index contributed by atoms with van der Waals surface area (Å²) in [6, 6.07) is 0.832. The first-order valence-electron chi connectivity index (χ1n) is 8.99. The number of aliphatic hydroxyl groups is 1. The van der Waals surface area contributed by atoms with Crippen LogP contribution in [0.3, 0.4) is 0 Å². The SMILES string of the molecule is O=C(NS(=O)(=O)c1cc(-c2c(F)cc(F)c(F)c2F)c(F)cc1Cl)[C@H]1CC[C@@H](O)CC1. The Morgan fingerprint density at radius 1 is 0.935 bits per heavy atom. The van der Waals surface area contributed by atoms with Gasteiger partial charge in [-0.2, -0.15) is 0 Å². The molecular formula is C19H15ClF5NO4S. The van der Waals surface area contributed by atoms with Crippen LogP contribution >= 0.6 is 11.6 Å². The Bertz CT molecular complexity index is 1150. The number of hydrogen-bond donors (Lipinski definition) is 2. The molecule has 5 nitrogen and oxygen atoms in total. The number of carbonyl (C=O) groups is 1. The summed E-state index contributed by atoms with van der Waals surface area (Å²) in [4.78, 5) is 11.4. The summed E-state index contributed by atoms with van der Waals surface area (Å²) in [5.41, 5.74) is -2.37. The van der Waals surface area contributed by atoms with Crippen molar-refractivity contribution < 1.29 is 40.3 Å². The van der Waals surface area contributed by atoms with E-state index in [0.29, 0.717) is 25.0 Å². The van der Waals surface area contributed by atoms with Crippen LogP contribution in [0.1, 0.15) is 25.7 Å². The molecule has 2 aromatic carbocycles. The van der Waals surface area contributed by atoms with Crippen LogP contribution in [-0.4, -0.2) is 25.5 Å². The number of halogens is 6. The minimum absolute atomic E-state index is 0.0186. The molecule has 2 aromatic rings. The largest absolute Gasteiger partial charge is 0.393 e. The van der Waals surface area contributed by atoms with Gasteiger partial charge in [-0.15, -0.1) is 0 Å². The van der Waals surface area contributed by atoms with E-state index in [4.69, 9.17) is 11.6 Å². The highest BCUT2D eigenvalue weighted by atomic mass is 35.5. The van der Waals surface area contributed by atoms with Crippen molar-refractivity contribution in [2.45, 2.75) is 36.7 Å². The van der Waals surface area contributed by atoms with Gasteiger partial charge in [0.05, 0.1) is 16.7 Å². The van der Waals surface area contributed by atoms with Gasteiger partial charge < -0.3 is 5.11 Å². The number of aliphatic hydroxyl groups excluding tert-OH is 1. The number of amides is 1. The second-order valence-corrected chi connectivity index (χ2v) is 9.14. The van der Waals surface area contributed by atoms with Crippen LogP contribution in [0.15, 0.2) is 23.1 Å². The molecule has 0 atom stereocenters. The van der Waals surface area contributed by atoms with Gasteiger partial charge in [-0.25, -0.2) is 35.1 Å². The molecule has 12 heteroatoms. The van der Waals surface area contributed by atoms with Gasteiger partial charge in [-0.05, 0) is 37.8 Å². The molecule has 1 aliphatic rings. The monoisotopic (exact) mass is 483 g/mol. The van der Waals surface area contributed by atoms with E-state index in [1.165, 1.54) is 0 Å². The fraction of sp³-hybridized carbons (Fsp3) is 0.316. The molecule has 0 aromatic heterocycles. The third-order valence-electron chi connectivity index (χ3n) is 5.00. The molecule has 1 amide bonds. The summed E-state index contributed by atoms with van der Waals surface area (Å²) in [5, 5.41) is 8.78. The smallest absolute Gasteiger partial charge is 0.265 e. The Labute approximate surface area is 178 Å². The second-order valence-electron chi connectivity index (χ2n) is 7.08. The van der Waals surface area contributed by atoms with Crippen molar-refractivity contribution in [3.05, 3.63) is 52.3 Å². The fourth-order valence-corrected chi connectivity index (χ4v) is 4.93. The van der Waals surface area contributed by atoms with Gasteiger partial charge in [0.2, 0.25) is 5.91 Å². The molecule has 0 heterocycles. The van der Waals surface area contributed by atoms with Crippen molar-refractivity contribution in [1.82, 2.24) is 4.72 Å². The molecule has 2 N–H and O–H groups in total. The average molecular weight is 484 g/mol. The Balaban J connectivity index is 2.02. The Kier molecular flexibility index (Phi) is 6.59. The molecule has 3 rings (SSSR count). The molecule has 0 bridgehead atoms. The summed E-state index contributed by atoms with van der Waals surface area (Å²) in [6.45, 7) is 0. The van der Waals surface area contributed by atoms with Gasteiger partial charge in [0.1, 0.15) is 16.5 Å². The molecule has 0 unspecified atom stereocenters. The summed E-state index contributed by atoms with van der Waals surface area (Å²) >= 11 is 5.77. The standard InChI is InChI=1S/C19H15ClF5NO4S/c20-11-6-12(21)10(16-13(22)7-14(23)17(24)18(16)25)5-15(11)31(29,30)26-19(28)8-1-3-9(27)4-2-8/h5-9,27H,1-4H2,(H,26,28)/t8-,9+. The summed E-state index contributed by atoms with van der Waals surface area (Å²) in [6.07, 6.45) is 0.477. The number of sulfonamides is 1. The van der Waals surface area contributed by atoms with Crippen LogP contribution in [-0.2, 0) is 14.8 Å². The molecule has 0 spiro atoms. The van der Waals surface area contributed by atoms with Gasteiger partial charge in [0.25, 0.3) is 10.0 Å². The van der Waals surface area contributed by atoms with Crippen LogP contribution in [0, 0.1) is 35.0 Å². The third kappa shape index (κ3) is 4.68. The molecule has 31 heavy (non-hydrogen) atoms. The minimum Gasteiger partial charge on any atom is -0.393 e. The highest BCUT2D eigenvalue weighted by Crippen LogP contribution is 2.35. The normalized spacial score (nSPS) is 19.3. The molecule has 1 saturated carbocycles. The molecule has 1 aliphatic carbocycles. The first-order valence-corrected chi connectivity index (χ1v) is 10.9. The van der Waals surface area contributed by atoms with Crippen molar-refractivity contribution in [2.24, 2.45) is 5.92 Å². The number of carbonyl (C=O) groups excluding carboxylic acids is 1. The van der Waals surface area contributed by atoms with E-state index in [2.05, 4.69) is 0 Å². The predicted molar refractivity (Wildman–Crippen MR) is 100.0 cm³/mol. The number of nitrogens with one attached hydrogen (secondary N) is 1. The van der Waals surface area contributed by atoms with E-state index < -0.39 is 78.1 Å². The molecule has 0 aliphatic heterocycles. The van der Waals surface area contributed by atoms with Crippen LogP contribution in [0.2, 0.25) is 5.02 Å². The maximum Gasteiger partial charge on any atom is 0.265 e. The second kappa shape index (κ2) is 8.71. The van der Waals surface area contributed by atoms with Crippen LogP contribution in [0.5, 0.6) is 0 Å². The van der Waals surface area contributed by atoms with E-state index in [-0.39, 0.29) is 18.9 Å². The maximum absolute atomic E-state index is 14.3. The highest BCUT2D eigenvalue weighted by molar-refractivity contribution is 7.90. The zero-order chi connectivity index (χ0) is 23.1. The Morgan fingerprint density at radius 2 is 1.55 bits per heavy atom. The quantitative estimate of drug-likeness (QED) is 0.390. The summed E-state index contributed by atoms with van der Waals surface area (Å²) in [7, 11) is -4.72. The molecule has 168 valence electrons. The summed E-state index contributed by atoms with van der Waals surface area (Å²) in [5.74, 6) is -10.7. The van der Waals surface area contributed by atoms with Gasteiger partial charge in [0.15, 0.2) is 17.5 Å². The number of rotatable bonds is 4. The topological polar surface area (TPSA) is 83.5 Å². The van der Waals surface area contributed by atoms with Crippen LogP contribution < -0.4 is 4.72 Å². The Morgan fingerprint density at radius 3 is 2.16 bits per heavy atom. The van der Waals surface area contributed by atoms with Crippen molar-refractivity contribution in [2.75, 3.05) is 0 Å². The molecular weight excluding hydrogens is 469 g/mol. The van der Waals surface area contributed by atoms with Crippen LogP contribution in [0.4, 0.5) is 22.0 Å². The maximum atomic E-state index is 14.3. The van der Waals surface area contributed by atoms with E-state index in [1.807, 2.05) is 0 Å². The molecule has 0 radical (unpaired) electrons. The Hall–Kier alpha value is -2.24. The number of benzene rings is 2. The van der Waals surface area contributed by atoms with Gasteiger partial charge >= 0.3 is 0 Å².